The van der Waals surface area contributed by atoms with Gasteiger partial charge in [0.05, 0.1) is 19.3 Å². The topological polar surface area (TPSA) is 44.7 Å². The van der Waals surface area contributed by atoms with E-state index in [-0.39, 0.29) is 6.61 Å². The molecule has 1 heterocycles. The maximum atomic E-state index is 8.65. The quantitative estimate of drug-likeness (QED) is 0.591. The SMILES string of the molecule is CCNCCN1CCC(OCCO)CC1. The summed E-state index contributed by atoms with van der Waals surface area (Å²) in [5, 5.41) is 12.0. The minimum absolute atomic E-state index is 0.140. The Morgan fingerprint density at radius 2 is 2.13 bits per heavy atom. The van der Waals surface area contributed by atoms with E-state index in [1.807, 2.05) is 0 Å². The minimum Gasteiger partial charge on any atom is -0.394 e. The summed E-state index contributed by atoms with van der Waals surface area (Å²) in [4.78, 5) is 2.47. The Hall–Kier alpha value is -0.160. The first-order chi connectivity index (χ1) is 7.36. The van der Waals surface area contributed by atoms with Crippen molar-refractivity contribution in [2.45, 2.75) is 25.9 Å². The molecule has 1 aliphatic heterocycles. The van der Waals surface area contributed by atoms with Gasteiger partial charge in [0, 0.05) is 26.2 Å². The number of rotatable bonds is 7. The van der Waals surface area contributed by atoms with Crippen molar-refractivity contribution in [2.75, 3.05) is 45.9 Å². The van der Waals surface area contributed by atoms with Crippen LogP contribution in [0.2, 0.25) is 0 Å². The van der Waals surface area contributed by atoms with Gasteiger partial charge >= 0.3 is 0 Å². The largest absolute Gasteiger partial charge is 0.394 e. The number of piperidine rings is 1. The Balaban J connectivity index is 2.02. The third-order valence-corrected chi connectivity index (χ3v) is 2.83. The van der Waals surface area contributed by atoms with Gasteiger partial charge in [0.2, 0.25) is 0 Å². The summed E-state index contributed by atoms with van der Waals surface area (Å²) in [6.45, 7) is 8.29. The number of nitrogens with one attached hydrogen (secondary N) is 1. The van der Waals surface area contributed by atoms with Crippen LogP contribution < -0.4 is 5.32 Å². The Kier molecular flexibility index (Phi) is 6.92. The summed E-state index contributed by atoms with van der Waals surface area (Å²) in [6.07, 6.45) is 2.57. The summed E-state index contributed by atoms with van der Waals surface area (Å²) in [7, 11) is 0. The predicted octanol–water partition coefficient (Wildman–Crippen LogP) is 0.0692. The van der Waals surface area contributed by atoms with Crippen molar-refractivity contribution in [2.24, 2.45) is 0 Å². The lowest BCUT2D eigenvalue weighted by Gasteiger charge is -2.31. The molecule has 1 fully saturated rings. The second-order valence-electron chi connectivity index (χ2n) is 3.99. The molecule has 0 atom stereocenters. The molecule has 0 aromatic heterocycles. The first-order valence-electron chi connectivity index (χ1n) is 6.02. The molecule has 0 amide bonds. The lowest BCUT2D eigenvalue weighted by molar-refractivity contribution is -0.00744. The number of likely N-dealkylation sites (N-methyl/N-ethyl adjacent to an activating group) is 1. The van der Waals surface area contributed by atoms with Crippen LogP contribution in [0.15, 0.2) is 0 Å². The van der Waals surface area contributed by atoms with Crippen molar-refractivity contribution in [3.8, 4) is 0 Å². The molecule has 4 nitrogen and oxygen atoms in total. The molecule has 0 saturated carbocycles. The third kappa shape index (κ3) is 5.47. The lowest BCUT2D eigenvalue weighted by Crippen LogP contribution is -2.40. The highest BCUT2D eigenvalue weighted by Crippen LogP contribution is 2.12. The van der Waals surface area contributed by atoms with Gasteiger partial charge in [-0.05, 0) is 19.4 Å². The van der Waals surface area contributed by atoms with Crippen molar-refractivity contribution in [3.05, 3.63) is 0 Å². The molecule has 15 heavy (non-hydrogen) atoms. The first kappa shape index (κ1) is 12.9. The molecule has 0 aromatic rings. The van der Waals surface area contributed by atoms with Gasteiger partial charge < -0.3 is 20.1 Å². The minimum atomic E-state index is 0.140. The van der Waals surface area contributed by atoms with E-state index in [0.717, 1.165) is 45.6 Å². The summed E-state index contributed by atoms with van der Waals surface area (Å²) < 4.78 is 5.51. The Labute approximate surface area is 92.6 Å². The van der Waals surface area contributed by atoms with Gasteiger partial charge in [-0.15, -0.1) is 0 Å². The van der Waals surface area contributed by atoms with E-state index in [1.54, 1.807) is 0 Å². The highest BCUT2D eigenvalue weighted by molar-refractivity contribution is 4.72. The second-order valence-corrected chi connectivity index (χ2v) is 3.99. The number of hydrogen-bond donors (Lipinski definition) is 2. The Morgan fingerprint density at radius 3 is 2.73 bits per heavy atom. The molecule has 90 valence electrons. The standard InChI is InChI=1S/C11H24N2O2/c1-2-12-5-8-13-6-3-11(4-7-13)15-10-9-14/h11-12,14H,2-10H2,1H3. The first-order valence-corrected chi connectivity index (χ1v) is 6.02. The smallest absolute Gasteiger partial charge is 0.0701 e. The summed E-state index contributed by atoms with van der Waals surface area (Å²) >= 11 is 0. The molecule has 0 bridgehead atoms. The van der Waals surface area contributed by atoms with E-state index in [9.17, 15) is 0 Å². The second kappa shape index (κ2) is 8.05. The van der Waals surface area contributed by atoms with E-state index < -0.39 is 0 Å². The van der Waals surface area contributed by atoms with Crippen LogP contribution in [0.25, 0.3) is 0 Å². The highest BCUT2D eigenvalue weighted by Gasteiger charge is 2.18. The predicted molar refractivity (Wildman–Crippen MR) is 61.0 cm³/mol. The molecular weight excluding hydrogens is 192 g/mol. The average molecular weight is 216 g/mol. The number of nitrogens with zero attached hydrogens (tertiary/aromatic N) is 1. The Bertz CT molecular complexity index is 148. The van der Waals surface area contributed by atoms with Gasteiger partial charge in [-0.2, -0.15) is 0 Å². The van der Waals surface area contributed by atoms with Crippen molar-refractivity contribution in [1.29, 1.82) is 0 Å². The fourth-order valence-corrected chi connectivity index (χ4v) is 1.93. The number of aliphatic hydroxyl groups excluding tert-OH is 1. The normalized spacial score (nSPS) is 19.6. The van der Waals surface area contributed by atoms with Crippen LogP contribution >= 0.6 is 0 Å². The third-order valence-electron chi connectivity index (χ3n) is 2.83. The maximum absolute atomic E-state index is 8.65. The zero-order chi connectivity index (χ0) is 10.9. The fourth-order valence-electron chi connectivity index (χ4n) is 1.93. The molecule has 0 aromatic carbocycles. The average Bonchev–Trinajstić information content (AvgIpc) is 2.28. The number of hydrogen-bond acceptors (Lipinski definition) is 4. The van der Waals surface area contributed by atoms with Crippen LogP contribution in [0.4, 0.5) is 0 Å². The molecule has 1 aliphatic rings. The highest BCUT2D eigenvalue weighted by atomic mass is 16.5. The molecule has 0 spiro atoms. The summed E-state index contributed by atoms with van der Waals surface area (Å²) in [6, 6.07) is 0. The molecule has 2 N–H and O–H groups in total. The Morgan fingerprint density at radius 1 is 1.40 bits per heavy atom. The van der Waals surface area contributed by atoms with Gasteiger partial charge in [-0.1, -0.05) is 6.92 Å². The maximum Gasteiger partial charge on any atom is 0.0701 e. The number of aliphatic hydroxyl groups is 1. The molecule has 4 heteroatoms. The van der Waals surface area contributed by atoms with E-state index in [4.69, 9.17) is 9.84 Å². The van der Waals surface area contributed by atoms with Gasteiger partial charge in [-0.25, -0.2) is 0 Å². The van der Waals surface area contributed by atoms with Gasteiger partial charge in [0.1, 0.15) is 0 Å². The molecule has 0 aliphatic carbocycles. The van der Waals surface area contributed by atoms with E-state index in [0.29, 0.717) is 12.7 Å². The fraction of sp³-hybridized carbons (Fsp3) is 1.00. The van der Waals surface area contributed by atoms with Crippen molar-refractivity contribution in [1.82, 2.24) is 10.2 Å². The molecule has 1 saturated heterocycles. The summed E-state index contributed by atoms with van der Waals surface area (Å²) in [5.74, 6) is 0. The summed E-state index contributed by atoms with van der Waals surface area (Å²) in [5.41, 5.74) is 0. The van der Waals surface area contributed by atoms with Crippen LogP contribution in [-0.4, -0.2) is 62.0 Å². The molecule has 1 rings (SSSR count). The van der Waals surface area contributed by atoms with Crippen molar-refractivity contribution in [3.63, 3.8) is 0 Å². The van der Waals surface area contributed by atoms with Gasteiger partial charge in [0.25, 0.3) is 0 Å². The lowest BCUT2D eigenvalue weighted by atomic mass is 10.1. The van der Waals surface area contributed by atoms with Crippen molar-refractivity contribution >= 4 is 0 Å². The zero-order valence-corrected chi connectivity index (χ0v) is 9.74. The number of likely N-dealkylation sites (tertiary alicyclic amines) is 1. The molecule has 0 unspecified atom stereocenters. The number of ether oxygens (including phenoxy) is 1. The van der Waals surface area contributed by atoms with Crippen LogP contribution in [-0.2, 0) is 4.74 Å². The van der Waals surface area contributed by atoms with E-state index in [2.05, 4.69) is 17.1 Å². The van der Waals surface area contributed by atoms with E-state index in [1.165, 1.54) is 0 Å². The van der Waals surface area contributed by atoms with Crippen molar-refractivity contribution < 1.29 is 9.84 Å². The molecular formula is C11H24N2O2. The van der Waals surface area contributed by atoms with E-state index >= 15 is 0 Å². The zero-order valence-electron chi connectivity index (χ0n) is 9.74. The van der Waals surface area contributed by atoms with Crippen LogP contribution in [0, 0.1) is 0 Å². The monoisotopic (exact) mass is 216 g/mol. The van der Waals surface area contributed by atoms with Crippen LogP contribution in [0.1, 0.15) is 19.8 Å². The van der Waals surface area contributed by atoms with Gasteiger partial charge in [-0.3, -0.25) is 0 Å². The van der Waals surface area contributed by atoms with Crippen LogP contribution in [0.3, 0.4) is 0 Å². The van der Waals surface area contributed by atoms with Gasteiger partial charge in [0.15, 0.2) is 0 Å². The molecule has 0 radical (unpaired) electrons. The van der Waals surface area contributed by atoms with Crippen LogP contribution in [0.5, 0.6) is 0 Å².